The minimum Gasteiger partial charge on any atom is -0.350 e. The number of piperazine rings is 1. The van der Waals surface area contributed by atoms with Gasteiger partial charge in [-0.15, -0.1) is 0 Å². The van der Waals surface area contributed by atoms with Crippen molar-refractivity contribution >= 4 is 27.5 Å². The molecule has 0 spiro atoms. The first-order chi connectivity index (χ1) is 13.4. The number of hydrogen-bond donors (Lipinski definition) is 1. The van der Waals surface area contributed by atoms with Crippen LogP contribution in [0.1, 0.15) is 49.4 Å². The van der Waals surface area contributed by atoms with Crippen LogP contribution in [0, 0.1) is 0 Å². The molecule has 0 unspecified atom stereocenters. The topological polar surface area (TPSA) is 69.7 Å². The second-order valence-electron chi connectivity index (χ2n) is 7.82. The van der Waals surface area contributed by atoms with Gasteiger partial charge in [0.15, 0.2) is 0 Å². The predicted octanol–water partition coefficient (Wildman–Crippen LogP) is 2.74. The van der Waals surface area contributed by atoms with Gasteiger partial charge in [-0.05, 0) is 43.5 Å². The molecule has 2 aliphatic rings. The molecule has 0 radical (unpaired) electrons. The molecule has 1 saturated carbocycles. The third kappa shape index (κ3) is 4.87. The first-order valence-corrected chi connectivity index (χ1v) is 12.1. The van der Waals surface area contributed by atoms with Crippen LogP contribution in [0.5, 0.6) is 0 Å². The Morgan fingerprint density at radius 3 is 2.29 bits per heavy atom. The van der Waals surface area contributed by atoms with Gasteiger partial charge in [-0.1, -0.05) is 31.4 Å². The van der Waals surface area contributed by atoms with Crippen LogP contribution in [-0.2, 0) is 10.0 Å². The molecule has 156 valence electrons. The van der Waals surface area contributed by atoms with Gasteiger partial charge in [0.25, 0.3) is 5.91 Å². The molecule has 0 bridgehead atoms. The van der Waals surface area contributed by atoms with Gasteiger partial charge < -0.3 is 5.32 Å². The summed E-state index contributed by atoms with van der Waals surface area (Å²) in [6.07, 6.45) is 5.00. The fourth-order valence-corrected chi connectivity index (χ4v) is 6.03. The largest absolute Gasteiger partial charge is 0.350 e. The molecule has 2 fully saturated rings. The van der Waals surface area contributed by atoms with Crippen molar-refractivity contribution in [3.05, 3.63) is 34.9 Å². The van der Waals surface area contributed by atoms with Gasteiger partial charge >= 0.3 is 0 Å². The van der Waals surface area contributed by atoms with Gasteiger partial charge in [-0.2, -0.15) is 4.31 Å². The summed E-state index contributed by atoms with van der Waals surface area (Å²) in [5.41, 5.74) is 0.538. The average molecular weight is 428 g/mol. The minimum absolute atomic E-state index is 0.0668. The van der Waals surface area contributed by atoms with Crippen LogP contribution in [0.25, 0.3) is 0 Å². The minimum atomic E-state index is -3.14. The van der Waals surface area contributed by atoms with E-state index < -0.39 is 10.0 Å². The number of carbonyl (C=O) groups excluding carboxylic acids is 1. The number of halogens is 1. The van der Waals surface area contributed by atoms with Crippen LogP contribution < -0.4 is 5.32 Å². The summed E-state index contributed by atoms with van der Waals surface area (Å²) in [6.45, 7) is 5.00. The van der Waals surface area contributed by atoms with Crippen molar-refractivity contribution < 1.29 is 13.2 Å². The molecule has 1 aromatic rings. The van der Waals surface area contributed by atoms with Crippen LogP contribution in [0.15, 0.2) is 24.3 Å². The third-order valence-electron chi connectivity index (χ3n) is 5.98. The molecule has 0 atom stereocenters. The second kappa shape index (κ2) is 9.11. The molecule has 1 aromatic carbocycles. The summed E-state index contributed by atoms with van der Waals surface area (Å²) < 4.78 is 26.3. The highest BCUT2D eigenvalue weighted by Gasteiger charge is 2.42. The van der Waals surface area contributed by atoms with Crippen LogP contribution in [-0.4, -0.2) is 67.5 Å². The molecule has 1 amide bonds. The second-order valence-corrected chi connectivity index (χ2v) is 10.3. The number of amides is 1. The Bertz CT molecular complexity index is 768. The third-order valence-corrected chi connectivity index (χ3v) is 8.31. The van der Waals surface area contributed by atoms with Gasteiger partial charge in [0.05, 0.1) is 5.75 Å². The van der Waals surface area contributed by atoms with E-state index in [0.717, 1.165) is 38.8 Å². The zero-order valence-electron chi connectivity index (χ0n) is 16.5. The maximum Gasteiger partial charge on any atom is 0.251 e. The van der Waals surface area contributed by atoms with Gasteiger partial charge in [-0.3, -0.25) is 9.69 Å². The van der Waals surface area contributed by atoms with Crippen molar-refractivity contribution in [1.82, 2.24) is 14.5 Å². The van der Waals surface area contributed by atoms with E-state index in [1.807, 2.05) is 6.92 Å². The Hall–Kier alpha value is -1.15. The summed E-state index contributed by atoms with van der Waals surface area (Å²) in [5.74, 6) is 0.127. The lowest BCUT2D eigenvalue weighted by atomic mass is 9.93. The first-order valence-electron chi connectivity index (χ1n) is 10.1. The van der Waals surface area contributed by atoms with Gasteiger partial charge in [0.1, 0.15) is 0 Å². The lowest BCUT2D eigenvalue weighted by Gasteiger charge is -2.45. The zero-order chi connectivity index (χ0) is 20.2. The molecule has 0 aromatic heterocycles. The lowest BCUT2D eigenvalue weighted by molar-refractivity contribution is 0.0540. The molecule has 1 heterocycles. The Morgan fingerprint density at radius 2 is 1.71 bits per heavy atom. The average Bonchev–Trinajstić information content (AvgIpc) is 3.17. The van der Waals surface area contributed by atoms with Gasteiger partial charge in [-0.25, -0.2) is 8.42 Å². The summed E-state index contributed by atoms with van der Waals surface area (Å²) >= 11 is 5.90. The van der Waals surface area contributed by atoms with E-state index in [1.165, 1.54) is 0 Å². The van der Waals surface area contributed by atoms with E-state index in [9.17, 15) is 13.2 Å². The number of nitrogens with zero attached hydrogens (tertiary/aromatic N) is 2. The normalized spacial score (nSPS) is 20.9. The highest BCUT2D eigenvalue weighted by molar-refractivity contribution is 7.89. The highest BCUT2D eigenvalue weighted by atomic mass is 35.5. The maximum atomic E-state index is 12.5. The van der Waals surface area contributed by atoms with Crippen molar-refractivity contribution in [3.63, 3.8) is 0 Å². The van der Waals surface area contributed by atoms with E-state index in [0.29, 0.717) is 36.6 Å². The van der Waals surface area contributed by atoms with Crippen molar-refractivity contribution in [2.75, 3.05) is 38.5 Å². The summed E-state index contributed by atoms with van der Waals surface area (Å²) in [4.78, 5) is 14.9. The number of rotatable bonds is 7. The van der Waals surface area contributed by atoms with Crippen molar-refractivity contribution in [2.24, 2.45) is 0 Å². The molecular formula is C20H30ClN3O3S. The standard InChI is InChI=1S/C20H30ClN3O3S/c1-2-15-28(26,27)24-13-11-23(12-14-24)20(9-3-4-10-20)16-22-19(25)17-5-7-18(21)8-6-17/h5-8H,2-4,9-16H2,1H3,(H,22,25). The van der Waals surface area contributed by atoms with E-state index >= 15 is 0 Å². The van der Waals surface area contributed by atoms with Gasteiger partial charge in [0.2, 0.25) is 10.0 Å². The molecule has 1 N–H and O–H groups in total. The van der Waals surface area contributed by atoms with Crippen molar-refractivity contribution in [3.8, 4) is 0 Å². The number of nitrogens with one attached hydrogen (secondary N) is 1. The Kier molecular flexibility index (Phi) is 7.02. The SMILES string of the molecule is CCCS(=O)(=O)N1CCN(C2(CNC(=O)c3ccc(Cl)cc3)CCCC2)CC1. The molecule has 28 heavy (non-hydrogen) atoms. The zero-order valence-corrected chi connectivity index (χ0v) is 18.1. The van der Waals surface area contributed by atoms with E-state index in [4.69, 9.17) is 11.6 Å². The lowest BCUT2D eigenvalue weighted by Crippen LogP contribution is -2.60. The molecule has 1 aliphatic heterocycles. The highest BCUT2D eigenvalue weighted by Crippen LogP contribution is 2.35. The van der Waals surface area contributed by atoms with Crippen molar-refractivity contribution in [1.29, 1.82) is 0 Å². The number of hydrogen-bond acceptors (Lipinski definition) is 4. The summed E-state index contributed by atoms with van der Waals surface area (Å²) in [5, 5.41) is 3.72. The van der Waals surface area contributed by atoms with Crippen LogP contribution in [0.3, 0.4) is 0 Å². The molecular weight excluding hydrogens is 398 g/mol. The van der Waals surface area contributed by atoms with Crippen molar-refractivity contribution in [2.45, 2.75) is 44.6 Å². The first kappa shape index (κ1) is 21.6. The maximum absolute atomic E-state index is 12.5. The van der Waals surface area contributed by atoms with E-state index in [2.05, 4.69) is 10.2 Å². The Labute approximate surface area is 173 Å². The smallest absolute Gasteiger partial charge is 0.251 e. The quantitative estimate of drug-likeness (QED) is 0.726. The van der Waals surface area contributed by atoms with E-state index in [1.54, 1.807) is 28.6 Å². The Morgan fingerprint density at radius 1 is 1.11 bits per heavy atom. The predicted molar refractivity (Wildman–Crippen MR) is 112 cm³/mol. The molecule has 3 rings (SSSR count). The Balaban J connectivity index is 1.61. The monoisotopic (exact) mass is 427 g/mol. The molecule has 1 aliphatic carbocycles. The van der Waals surface area contributed by atoms with Crippen LogP contribution in [0.2, 0.25) is 5.02 Å². The fraction of sp³-hybridized carbons (Fsp3) is 0.650. The summed E-state index contributed by atoms with van der Waals surface area (Å²) in [6, 6.07) is 6.90. The summed E-state index contributed by atoms with van der Waals surface area (Å²) in [7, 11) is -3.14. The van der Waals surface area contributed by atoms with Gasteiger partial charge in [0, 0.05) is 48.8 Å². The molecule has 6 nitrogen and oxygen atoms in total. The molecule has 8 heteroatoms. The molecule has 1 saturated heterocycles. The van der Waals surface area contributed by atoms with E-state index in [-0.39, 0.29) is 17.2 Å². The number of carbonyl (C=O) groups is 1. The number of sulfonamides is 1. The van der Waals surface area contributed by atoms with Crippen LogP contribution >= 0.6 is 11.6 Å². The van der Waals surface area contributed by atoms with Crippen LogP contribution in [0.4, 0.5) is 0 Å². The number of benzene rings is 1. The fourth-order valence-electron chi connectivity index (χ4n) is 4.41.